The molecule has 1 aromatic heterocycles. The van der Waals surface area contributed by atoms with E-state index < -0.39 is 5.82 Å². The molecule has 2 aromatic rings. The summed E-state index contributed by atoms with van der Waals surface area (Å²) in [6.45, 7) is 1.02. The molecule has 0 radical (unpaired) electrons. The Morgan fingerprint density at radius 1 is 1.50 bits per heavy atom. The Balaban J connectivity index is 1.58. The topological polar surface area (TPSA) is 78.2 Å². The molecule has 0 bridgehead atoms. The minimum atomic E-state index is -0.544. The van der Waals surface area contributed by atoms with Crippen molar-refractivity contribution in [1.29, 1.82) is 0 Å². The summed E-state index contributed by atoms with van der Waals surface area (Å²) in [4.78, 5) is 24.2. The van der Waals surface area contributed by atoms with Crippen molar-refractivity contribution in [3.63, 3.8) is 0 Å². The van der Waals surface area contributed by atoms with Crippen molar-refractivity contribution < 1.29 is 13.9 Å². The van der Waals surface area contributed by atoms with Crippen LogP contribution in [0.1, 0.15) is 18.0 Å². The SMILES string of the molecule is O=C(Cn1ncn([C@@H]2CCOC2)c1=O)NCc1ccc(Cl)c(F)c1. The van der Waals surface area contributed by atoms with Gasteiger partial charge >= 0.3 is 5.69 Å². The van der Waals surface area contributed by atoms with E-state index in [1.54, 1.807) is 6.07 Å². The van der Waals surface area contributed by atoms with Gasteiger partial charge in [0.15, 0.2) is 0 Å². The molecule has 1 amide bonds. The van der Waals surface area contributed by atoms with Gasteiger partial charge in [-0.1, -0.05) is 17.7 Å². The van der Waals surface area contributed by atoms with Crippen LogP contribution in [0.3, 0.4) is 0 Å². The summed E-state index contributed by atoms with van der Waals surface area (Å²) in [6, 6.07) is 4.26. The summed E-state index contributed by atoms with van der Waals surface area (Å²) in [7, 11) is 0. The van der Waals surface area contributed by atoms with Gasteiger partial charge in [-0.2, -0.15) is 5.10 Å². The van der Waals surface area contributed by atoms with Gasteiger partial charge in [-0.15, -0.1) is 0 Å². The quantitative estimate of drug-likeness (QED) is 0.872. The minimum absolute atomic E-state index is 0.0260. The normalized spacial score (nSPS) is 17.2. The molecule has 24 heavy (non-hydrogen) atoms. The molecule has 128 valence electrons. The fraction of sp³-hybridized carbons (Fsp3) is 0.400. The summed E-state index contributed by atoms with van der Waals surface area (Å²) in [5.41, 5.74) is 0.226. The van der Waals surface area contributed by atoms with Crippen LogP contribution in [-0.4, -0.2) is 33.5 Å². The Labute approximate surface area is 142 Å². The second kappa shape index (κ2) is 7.14. The Bertz CT molecular complexity index is 798. The zero-order valence-corrected chi connectivity index (χ0v) is 13.5. The van der Waals surface area contributed by atoms with E-state index in [4.69, 9.17) is 16.3 Å². The lowest BCUT2D eigenvalue weighted by Gasteiger charge is -2.07. The van der Waals surface area contributed by atoms with Crippen LogP contribution < -0.4 is 11.0 Å². The van der Waals surface area contributed by atoms with Crippen LogP contribution in [0.15, 0.2) is 29.3 Å². The van der Waals surface area contributed by atoms with Gasteiger partial charge in [0.2, 0.25) is 5.91 Å². The van der Waals surface area contributed by atoms with Crippen LogP contribution in [-0.2, 0) is 22.6 Å². The molecule has 1 aliphatic rings. The predicted molar refractivity (Wildman–Crippen MR) is 84.2 cm³/mol. The monoisotopic (exact) mass is 354 g/mol. The maximum atomic E-state index is 13.3. The first-order chi connectivity index (χ1) is 11.5. The number of carbonyl (C=O) groups excluding carboxylic acids is 1. The zero-order valence-electron chi connectivity index (χ0n) is 12.7. The second-order valence-corrected chi connectivity index (χ2v) is 5.93. The number of nitrogens with zero attached hydrogens (tertiary/aromatic N) is 3. The summed E-state index contributed by atoms with van der Waals surface area (Å²) in [5.74, 6) is -0.933. The highest BCUT2D eigenvalue weighted by molar-refractivity contribution is 6.30. The van der Waals surface area contributed by atoms with Crippen LogP contribution >= 0.6 is 11.6 Å². The van der Waals surface area contributed by atoms with Crippen molar-refractivity contribution in [1.82, 2.24) is 19.7 Å². The summed E-state index contributed by atoms with van der Waals surface area (Å²) >= 11 is 5.60. The number of hydrogen-bond donors (Lipinski definition) is 1. The van der Waals surface area contributed by atoms with Gasteiger partial charge in [0.1, 0.15) is 18.7 Å². The number of hydrogen-bond acceptors (Lipinski definition) is 4. The lowest BCUT2D eigenvalue weighted by molar-refractivity contribution is -0.122. The molecule has 0 spiro atoms. The molecular weight excluding hydrogens is 339 g/mol. The van der Waals surface area contributed by atoms with E-state index in [1.807, 2.05) is 0 Å². The van der Waals surface area contributed by atoms with Crippen LogP contribution in [0.2, 0.25) is 5.02 Å². The van der Waals surface area contributed by atoms with Gasteiger partial charge in [-0.05, 0) is 24.1 Å². The average molecular weight is 355 g/mol. The molecule has 1 N–H and O–H groups in total. The number of amides is 1. The van der Waals surface area contributed by atoms with Crippen molar-refractivity contribution in [3.8, 4) is 0 Å². The molecule has 0 saturated carbocycles. The predicted octanol–water partition coefficient (Wildman–Crippen LogP) is 1.12. The highest BCUT2D eigenvalue weighted by atomic mass is 35.5. The van der Waals surface area contributed by atoms with E-state index in [-0.39, 0.29) is 35.8 Å². The Morgan fingerprint density at radius 3 is 3.04 bits per heavy atom. The Hall–Kier alpha value is -2.19. The number of aromatic nitrogens is 3. The Kier molecular flexibility index (Phi) is 4.96. The molecule has 1 saturated heterocycles. The first-order valence-electron chi connectivity index (χ1n) is 7.47. The van der Waals surface area contributed by atoms with Crippen LogP contribution in [0, 0.1) is 5.82 Å². The number of nitrogens with one attached hydrogen (secondary N) is 1. The van der Waals surface area contributed by atoms with E-state index in [2.05, 4.69) is 10.4 Å². The number of halogens is 2. The Morgan fingerprint density at radius 2 is 2.33 bits per heavy atom. The molecule has 0 unspecified atom stereocenters. The molecule has 1 aliphatic heterocycles. The zero-order chi connectivity index (χ0) is 17.1. The smallest absolute Gasteiger partial charge is 0.346 e. The number of carbonyl (C=O) groups is 1. The van der Waals surface area contributed by atoms with Gasteiger partial charge in [-0.25, -0.2) is 13.9 Å². The standard InChI is InChI=1S/C15H16ClFN4O3/c16-12-2-1-10(5-13(12)17)6-18-14(22)7-21-15(23)20(9-19-21)11-3-4-24-8-11/h1-2,5,9,11H,3-4,6-8H2,(H,18,22)/t11-/m1/s1. The van der Waals surface area contributed by atoms with Crippen molar-refractivity contribution in [2.75, 3.05) is 13.2 Å². The molecule has 1 aromatic carbocycles. The van der Waals surface area contributed by atoms with E-state index in [9.17, 15) is 14.0 Å². The third-order valence-electron chi connectivity index (χ3n) is 3.82. The fourth-order valence-electron chi connectivity index (χ4n) is 2.49. The molecule has 7 nitrogen and oxygen atoms in total. The highest BCUT2D eigenvalue weighted by Crippen LogP contribution is 2.16. The molecule has 1 atom stereocenters. The maximum Gasteiger partial charge on any atom is 0.346 e. The first-order valence-corrected chi connectivity index (χ1v) is 7.84. The van der Waals surface area contributed by atoms with E-state index >= 15 is 0 Å². The van der Waals surface area contributed by atoms with Gasteiger partial charge in [0, 0.05) is 13.2 Å². The van der Waals surface area contributed by atoms with Crippen LogP contribution in [0.4, 0.5) is 4.39 Å². The molecule has 3 rings (SSSR count). The molecule has 1 fully saturated rings. The van der Waals surface area contributed by atoms with E-state index in [0.717, 1.165) is 11.1 Å². The molecule has 0 aliphatic carbocycles. The van der Waals surface area contributed by atoms with Gasteiger partial charge in [0.05, 0.1) is 17.7 Å². The lowest BCUT2D eigenvalue weighted by atomic mass is 10.2. The second-order valence-electron chi connectivity index (χ2n) is 5.52. The van der Waals surface area contributed by atoms with Gasteiger partial charge < -0.3 is 10.1 Å². The third-order valence-corrected chi connectivity index (χ3v) is 4.13. The lowest BCUT2D eigenvalue weighted by Crippen LogP contribution is -2.34. The van der Waals surface area contributed by atoms with Crippen LogP contribution in [0.25, 0.3) is 0 Å². The number of benzene rings is 1. The fourth-order valence-corrected chi connectivity index (χ4v) is 2.61. The van der Waals surface area contributed by atoms with Gasteiger partial charge in [0.25, 0.3) is 0 Å². The largest absolute Gasteiger partial charge is 0.379 e. The highest BCUT2D eigenvalue weighted by Gasteiger charge is 2.21. The van der Waals surface area contributed by atoms with E-state index in [1.165, 1.54) is 23.0 Å². The van der Waals surface area contributed by atoms with Crippen molar-refractivity contribution >= 4 is 17.5 Å². The van der Waals surface area contributed by atoms with Crippen LogP contribution in [0.5, 0.6) is 0 Å². The number of rotatable bonds is 5. The summed E-state index contributed by atoms with van der Waals surface area (Å²) in [5, 5.41) is 6.60. The number of ether oxygens (including phenoxy) is 1. The van der Waals surface area contributed by atoms with E-state index in [0.29, 0.717) is 18.8 Å². The third kappa shape index (κ3) is 3.65. The van der Waals surface area contributed by atoms with Crippen molar-refractivity contribution in [2.45, 2.75) is 25.6 Å². The maximum absolute atomic E-state index is 13.3. The minimum Gasteiger partial charge on any atom is -0.379 e. The van der Waals surface area contributed by atoms with Crippen molar-refractivity contribution in [3.05, 3.63) is 51.4 Å². The van der Waals surface area contributed by atoms with Crippen molar-refractivity contribution in [2.24, 2.45) is 0 Å². The molecule has 9 heteroatoms. The summed E-state index contributed by atoms with van der Waals surface area (Å²) < 4.78 is 21.2. The molecular formula is C15H16ClFN4O3. The molecule has 2 heterocycles. The first kappa shape index (κ1) is 16.7. The van der Waals surface area contributed by atoms with Gasteiger partial charge in [-0.3, -0.25) is 9.36 Å². The summed E-state index contributed by atoms with van der Waals surface area (Å²) in [6.07, 6.45) is 2.17. The average Bonchev–Trinajstić information content (AvgIpc) is 3.19.